The summed E-state index contributed by atoms with van der Waals surface area (Å²) in [7, 11) is -5.36. The molecule has 194 valence electrons. The monoisotopic (exact) mass is 554 g/mol. The average molecular weight is 554 g/mol. The van der Waals surface area contributed by atoms with E-state index in [0.29, 0.717) is 12.8 Å². The van der Waals surface area contributed by atoms with Crippen LogP contribution < -0.4 is 68.9 Å². The Labute approximate surface area is 262 Å². The van der Waals surface area contributed by atoms with Crippen molar-refractivity contribution in [3.63, 3.8) is 0 Å². The Bertz CT molecular complexity index is 1040. The fourth-order valence-electron chi connectivity index (χ4n) is 8.25. The van der Waals surface area contributed by atoms with Gasteiger partial charge in [-0.25, -0.2) is 0 Å². The Hall–Kier alpha value is 0.810. The molecule has 0 aromatic heterocycles. The smallest absolute Gasteiger partial charge is 0.790 e. The Morgan fingerprint density at radius 1 is 1.30 bits per heavy atom. The van der Waals surface area contributed by atoms with Crippen LogP contribution in [0.5, 0.6) is 0 Å². The van der Waals surface area contributed by atoms with Crippen LogP contribution in [0.1, 0.15) is 59.3 Å². The van der Waals surface area contributed by atoms with Gasteiger partial charge in [-0.1, -0.05) is 38.8 Å². The zero-order valence-electron chi connectivity index (χ0n) is 22.3. The quantitative estimate of drug-likeness (QED) is 0.254. The number of carbonyl (C=O) groups excluding carboxylic acids is 2. The summed E-state index contributed by atoms with van der Waals surface area (Å²) in [6.07, 6.45) is 6.73. The van der Waals surface area contributed by atoms with E-state index in [0.717, 1.165) is 24.8 Å². The molecule has 0 aromatic carbocycles. The van der Waals surface area contributed by atoms with Crippen LogP contribution in [-0.2, 0) is 28.2 Å². The van der Waals surface area contributed by atoms with Gasteiger partial charge in [-0.05, 0) is 56.1 Å². The minimum atomic E-state index is -5.36. The first-order valence-corrected chi connectivity index (χ1v) is 14.0. The third kappa shape index (κ3) is 5.07. The van der Waals surface area contributed by atoms with Crippen molar-refractivity contribution in [1.82, 2.24) is 0 Å². The van der Waals surface area contributed by atoms with Gasteiger partial charge in [0.2, 0.25) is 0 Å². The molecule has 1 N–H and O–H groups in total. The Morgan fingerprint density at radius 2 is 2.00 bits per heavy atom. The second kappa shape index (κ2) is 11.2. The third-order valence-corrected chi connectivity index (χ3v) is 10.0. The number of Topliss-reactive ketones (excluding diaryl/α,β-unsaturated/α-hetero) is 1. The summed E-state index contributed by atoms with van der Waals surface area (Å²) in [4.78, 5) is 48.0. The van der Waals surface area contributed by atoms with Crippen LogP contribution in [0.2, 0.25) is 0 Å². The number of aliphatic hydroxyl groups excluding tert-OH is 1. The van der Waals surface area contributed by atoms with Crippen molar-refractivity contribution < 1.29 is 102 Å². The van der Waals surface area contributed by atoms with Gasteiger partial charge in [0.25, 0.3) is 0 Å². The molecule has 0 spiro atoms. The Kier molecular flexibility index (Phi) is 9.82. The molecule has 0 bridgehead atoms. The maximum atomic E-state index is 13.6. The van der Waals surface area contributed by atoms with Crippen molar-refractivity contribution in [1.29, 1.82) is 0 Å². The molecule has 37 heavy (non-hydrogen) atoms. The van der Waals surface area contributed by atoms with E-state index in [2.05, 4.69) is 11.4 Å². The first kappa shape index (κ1) is 32.3. The van der Waals surface area contributed by atoms with Gasteiger partial charge in [-0.3, -0.25) is 9.59 Å². The minimum absolute atomic E-state index is 0. The molecule has 9 nitrogen and oxygen atoms in total. The number of ketones is 2. The standard InChI is InChI=1S/C25H35O9P.2Na/c1-4-5-21-33-20-11-17-16-7-6-14-10-15(26)8-9-23(14,2)22(16)18(27)12-24(17,3)25(20,34-21)19(28)13-32-35(29,30)31;;/h8-10,16-18,20-22,27H,4-7,11-13H2,1-3H3,(H2,29,30,31);;/q;2*+1/p-2/t16-,17-,18-,20+,21+,22+,23-,24-,25+;;/m0../s1. The van der Waals surface area contributed by atoms with E-state index in [1.165, 1.54) is 0 Å². The number of phosphoric acid groups is 1. The molecule has 1 saturated heterocycles. The number of aliphatic hydroxyl groups is 1. The molecule has 5 aliphatic rings. The van der Waals surface area contributed by atoms with E-state index in [9.17, 15) is 29.0 Å². The van der Waals surface area contributed by atoms with Gasteiger partial charge in [-0.2, -0.15) is 0 Å². The molecular weight excluding hydrogens is 521 g/mol. The van der Waals surface area contributed by atoms with Crippen molar-refractivity contribution in [2.45, 2.75) is 83.4 Å². The predicted octanol–water partition coefficient (Wildman–Crippen LogP) is -4.42. The summed E-state index contributed by atoms with van der Waals surface area (Å²) in [5, 5.41) is 11.6. The number of fused-ring (bicyclic) bond motifs is 7. The van der Waals surface area contributed by atoms with Crippen LogP contribution in [0.4, 0.5) is 0 Å². The summed E-state index contributed by atoms with van der Waals surface area (Å²) >= 11 is 0. The number of allylic oxidation sites excluding steroid dienone is 4. The molecule has 4 fully saturated rings. The van der Waals surface area contributed by atoms with Crippen LogP contribution in [0.15, 0.2) is 23.8 Å². The van der Waals surface area contributed by atoms with Crippen molar-refractivity contribution in [3.8, 4) is 0 Å². The van der Waals surface area contributed by atoms with Crippen LogP contribution in [0.3, 0.4) is 0 Å². The van der Waals surface area contributed by atoms with Gasteiger partial charge in [0.1, 0.15) is 6.61 Å². The molecular formula is C25H33Na2O9P. The minimum Gasteiger partial charge on any atom is -0.790 e. The molecule has 4 aliphatic carbocycles. The van der Waals surface area contributed by atoms with Gasteiger partial charge in [0.05, 0.1) is 20.0 Å². The van der Waals surface area contributed by atoms with E-state index < -0.39 is 55.1 Å². The number of hydrogen-bond acceptors (Lipinski definition) is 9. The molecule has 0 aromatic rings. The number of carbonyl (C=O) groups is 2. The number of rotatable bonds is 6. The molecule has 0 amide bonds. The van der Waals surface area contributed by atoms with Gasteiger partial charge >= 0.3 is 59.1 Å². The molecule has 0 radical (unpaired) electrons. The summed E-state index contributed by atoms with van der Waals surface area (Å²) in [6, 6.07) is 0. The second-order valence-corrected chi connectivity index (χ2v) is 12.4. The Balaban J connectivity index is 0.00000190. The van der Waals surface area contributed by atoms with Crippen LogP contribution >= 0.6 is 7.82 Å². The third-order valence-electron chi connectivity index (χ3n) is 9.58. The summed E-state index contributed by atoms with van der Waals surface area (Å²) < 4.78 is 28.1. The molecule has 12 heteroatoms. The van der Waals surface area contributed by atoms with E-state index in [1.54, 1.807) is 12.2 Å². The van der Waals surface area contributed by atoms with Crippen LogP contribution in [0, 0.1) is 28.6 Å². The van der Waals surface area contributed by atoms with Crippen molar-refractivity contribution in [3.05, 3.63) is 23.8 Å². The van der Waals surface area contributed by atoms with Crippen molar-refractivity contribution in [2.75, 3.05) is 6.61 Å². The van der Waals surface area contributed by atoms with Gasteiger partial charge in [-0.15, -0.1) is 0 Å². The average Bonchev–Trinajstić information content (AvgIpc) is 3.24. The van der Waals surface area contributed by atoms with E-state index in [4.69, 9.17) is 9.47 Å². The van der Waals surface area contributed by atoms with Gasteiger partial charge in [0.15, 0.2) is 23.5 Å². The molecule has 1 aliphatic heterocycles. The molecule has 5 rings (SSSR count). The zero-order valence-corrected chi connectivity index (χ0v) is 27.2. The first-order chi connectivity index (χ1) is 16.4. The van der Waals surface area contributed by atoms with Crippen molar-refractivity contribution >= 4 is 19.4 Å². The largest absolute Gasteiger partial charge is 1.00 e. The summed E-state index contributed by atoms with van der Waals surface area (Å²) in [5.74, 6) is -0.801. The fourth-order valence-corrected chi connectivity index (χ4v) is 8.53. The number of phosphoric ester groups is 1. The molecule has 1 heterocycles. The van der Waals surface area contributed by atoms with Crippen LogP contribution in [0.25, 0.3) is 0 Å². The van der Waals surface area contributed by atoms with Gasteiger partial charge in [0, 0.05) is 16.7 Å². The van der Waals surface area contributed by atoms with Crippen LogP contribution in [-0.4, -0.2) is 47.4 Å². The zero-order chi connectivity index (χ0) is 25.4. The molecule has 9 atom stereocenters. The van der Waals surface area contributed by atoms with Crippen molar-refractivity contribution in [2.24, 2.45) is 28.6 Å². The molecule has 0 unspecified atom stereocenters. The maximum absolute atomic E-state index is 13.6. The predicted molar refractivity (Wildman–Crippen MR) is 119 cm³/mol. The van der Waals surface area contributed by atoms with E-state index in [-0.39, 0.29) is 89.1 Å². The van der Waals surface area contributed by atoms with Gasteiger partial charge < -0.3 is 33.5 Å². The SMILES string of the molecule is CCC[C@@H]1O[C@@H]2C[C@H]3[C@@H]4CCC5=CC(=O)C=C[C@]5(C)[C@H]4[C@@H](O)C[C@]3(C)[C@]2(C(=O)COP(=O)([O-])[O-])O1.[Na+].[Na+]. The number of hydrogen-bond donors (Lipinski definition) is 1. The first-order valence-electron chi connectivity index (χ1n) is 12.5. The fraction of sp³-hybridized carbons (Fsp3) is 0.760. The van der Waals surface area contributed by atoms with E-state index in [1.807, 2.05) is 19.9 Å². The second-order valence-electron chi connectivity index (χ2n) is 11.3. The summed E-state index contributed by atoms with van der Waals surface area (Å²) in [5.41, 5.74) is -1.78. The normalized spacial score (nSPS) is 43.9. The number of ether oxygens (including phenoxy) is 2. The summed E-state index contributed by atoms with van der Waals surface area (Å²) in [6.45, 7) is 5.05. The Morgan fingerprint density at radius 3 is 2.65 bits per heavy atom. The maximum Gasteiger partial charge on any atom is 1.00 e. The topological polar surface area (TPSA) is 145 Å². The molecule has 3 saturated carbocycles. The van der Waals surface area contributed by atoms with E-state index >= 15 is 0 Å².